The monoisotopic (exact) mass is 276 g/mol. The van der Waals surface area contributed by atoms with Gasteiger partial charge in [-0.05, 0) is 58.8 Å². The van der Waals surface area contributed by atoms with Crippen LogP contribution >= 0.6 is 0 Å². The smallest absolute Gasteiger partial charge is 0.133 e. The number of aromatic nitrogens is 1. The molecule has 4 nitrogen and oxygen atoms in total. The third-order valence-electron chi connectivity index (χ3n) is 4.78. The van der Waals surface area contributed by atoms with Gasteiger partial charge in [0.1, 0.15) is 5.82 Å². The average molecular weight is 276 g/mol. The van der Waals surface area contributed by atoms with Gasteiger partial charge in [-0.15, -0.1) is 0 Å². The first kappa shape index (κ1) is 15.3. The molecular formula is C16H28N4. The van der Waals surface area contributed by atoms with Gasteiger partial charge in [-0.25, -0.2) is 4.98 Å². The quantitative estimate of drug-likeness (QED) is 0.894. The molecule has 1 aromatic rings. The van der Waals surface area contributed by atoms with Crippen molar-refractivity contribution in [2.24, 2.45) is 5.73 Å². The van der Waals surface area contributed by atoms with E-state index in [0.29, 0.717) is 12.1 Å². The van der Waals surface area contributed by atoms with Crippen molar-refractivity contribution in [2.45, 2.75) is 45.2 Å². The lowest BCUT2D eigenvalue weighted by atomic mass is 9.75. The maximum absolute atomic E-state index is 5.93. The first-order valence-electron chi connectivity index (χ1n) is 7.45. The molecular weight excluding hydrogens is 248 g/mol. The minimum Gasteiger partial charge on any atom is -0.358 e. The molecule has 2 N–H and O–H groups in total. The second-order valence-corrected chi connectivity index (χ2v) is 6.42. The molecule has 20 heavy (non-hydrogen) atoms. The second kappa shape index (κ2) is 5.70. The fourth-order valence-electron chi connectivity index (χ4n) is 3.26. The molecule has 0 saturated heterocycles. The van der Waals surface area contributed by atoms with E-state index in [0.717, 1.165) is 18.1 Å². The van der Waals surface area contributed by atoms with Crippen LogP contribution in [0.25, 0.3) is 0 Å². The molecule has 1 saturated carbocycles. The van der Waals surface area contributed by atoms with Gasteiger partial charge in [0.2, 0.25) is 0 Å². The van der Waals surface area contributed by atoms with Crippen LogP contribution in [0.2, 0.25) is 0 Å². The summed E-state index contributed by atoms with van der Waals surface area (Å²) in [5.74, 6) is 1.05. The van der Waals surface area contributed by atoms with Gasteiger partial charge >= 0.3 is 0 Å². The van der Waals surface area contributed by atoms with Gasteiger partial charge in [-0.3, -0.25) is 0 Å². The van der Waals surface area contributed by atoms with Gasteiger partial charge in [0.05, 0.1) is 0 Å². The predicted octanol–water partition coefficient (Wildman–Crippen LogP) is 2.08. The Hall–Kier alpha value is -1.13. The molecule has 1 aromatic heterocycles. The third kappa shape index (κ3) is 2.67. The second-order valence-electron chi connectivity index (χ2n) is 6.42. The van der Waals surface area contributed by atoms with Crippen LogP contribution in [0.5, 0.6) is 0 Å². The molecule has 0 bridgehead atoms. The van der Waals surface area contributed by atoms with Crippen molar-refractivity contribution in [3.8, 4) is 0 Å². The molecule has 0 unspecified atom stereocenters. The fourth-order valence-corrected chi connectivity index (χ4v) is 3.26. The molecule has 0 atom stereocenters. The number of rotatable bonds is 5. The normalized spacial score (nSPS) is 17.1. The number of pyridine rings is 1. The van der Waals surface area contributed by atoms with E-state index in [4.69, 9.17) is 10.7 Å². The van der Waals surface area contributed by atoms with E-state index in [2.05, 4.69) is 50.9 Å². The molecule has 0 spiro atoms. The van der Waals surface area contributed by atoms with Crippen molar-refractivity contribution < 1.29 is 0 Å². The first-order chi connectivity index (χ1) is 9.39. The largest absolute Gasteiger partial charge is 0.358 e. The number of aryl methyl sites for hydroxylation is 2. The van der Waals surface area contributed by atoms with Crippen molar-refractivity contribution in [2.75, 3.05) is 32.6 Å². The molecule has 1 aliphatic carbocycles. The lowest BCUT2D eigenvalue weighted by Gasteiger charge is -2.49. The van der Waals surface area contributed by atoms with E-state index in [-0.39, 0.29) is 0 Å². The molecule has 0 radical (unpaired) electrons. The number of hydrogen-bond acceptors (Lipinski definition) is 4. The molecule has 0 aromatic carbocycles. The van der Waals surface area contributed by atoms with Crippen molar-refractivity contribution in [1.82, 2.24) is 9.88 Å². The predicted molar refractivity (Wildman–Crippen MR) is 85.1 cm³/mol. The minimum absolute atomic E-state index is 0.306. The Bertz CT molecular complexity index is 478. The molecule has 1 aliphatic rings. The first-order valence-corrected chi connectivity index (χ1v) is 7.45. The van der Waals surface area contributed by atoms with E-state index < -0.39 is 0 Å². The Kier molecular flexibility index (Phi) is 4.35. The maximum Gasteiger partial charge on any atom is 0.133 e. The standard InChI is InChI=1S/C16H28N4/c1-12-9-13(2)18-15(14(12)10-17)20(5)11-16(19(3)4)7-6-8-16/h9H,6-8,10-11,17H2,1-5H3. The molecule has 1 fully saturated rings. The van der Waals surface area contributed by atoms with Crippen molar-refractivity contribution in [3.05, 3.63) is 22.9 Å². The van der Waals surface area contributed by atoms with Crippen LogP contribution in [0.4, 0.5) is 5.82 Å². The fraction of sp³-hybridized carbons (Fsp3) is 0.688. The lowest BCUT2D eigenvalue weighted by molar-refractivity contribution is 0.0681. The SMILES string of the molecule is Cc1cc(C)c(CN)c(N(C)CC2(N(C)C)CCC2)n1. The zero-order valence-electron chi connectivity index (χ0n) is 13.5. The zero-order valence-corrected chi connectivity index (χ0v) is 13.5. The van der Waals surface area contributed by atoms with E-state index in [9.17, 15) is 0 Å². The highest BCUT2D eigenvalue weighted by atomic mass is 15.2. The van der Waals surface area contributed by atoms with Gasteiger partial charge in [0.25, 0.3) is 0 Å². The van der Waals surface area contributed by atoms with Crippen LogP contribution in [-0.2, 0) is 6.54 Å². The molecule has 1 heterocycles. The summed E-state index contributed by atoms with van der Waals surface area (Å²) in [6, 6.07) is 2.12. The van der Waals surface area contributed by atoms with Crippen LogP contribution in [0.15, 0.2) is 6.07 Å². The highest BCUT2D eigenvalue weighted by molar-refractivity contribution is 5.51. The van der Waals surface area contributed by atoms with E-state index in [1.807, 2.05) is 0 Å². The van der Waals surface area contributed by atoms with Crippen LogP contribution in [-0.4, -0.2) is 43.1 Å². The number of anilines is 1. The summed E-state index contributed by atoms with van der Waals surface area (Å²) >= 11 is 0. The highest BCUT2D eigenvalue weighted by Gasteiger charge is 2.40. The molecule has 2 rings (SSSR count). The minimum atomic E-state index is 0.306. The number of likely N-dealkylation sites (N-methyl/N-ethyl adjacent to an activating group) is 2. The summed E-state index contributed by atoms with van der Waals surface area (Å²) in [6.45, 7) is 5.74. The summed E-state index contributed by atoms with van der Waals surface area (Å²) in [7, 11) is 6.52. The van der Waals surface area contributed by atoms with Crippen LogP contribution < -0.4 is 10.6 Å². The molecule has 0 aliphatic heterocycles. The van der Waals surface area contributed by atoms with Crippen LogP contribution in [0, 0.1) is 13.8 Å². The summed E-state index contributed by atoms with van der Waals surface area (Å²) in [5.41, 5.74) is 9.72. The zero-order chi connectivity index (χ0) is 14.9. The number of hydrogen-bond donors (Lipinski definition) is 1. The lowest BCUT2D eigenvalue weighted by Crippen LogP contribution is -2.57. The van der Waals surface area contributed by atoms with Crippen LogP contribution in [0.3, 0.4) is 0 Å². The molecule has 0 amide bonds. The van der Waals surface area contributed by atoms with Gasteiger partial charge in [0.15, 0.2) is 0 Å². The van der Waals surface area contributed by atoms with Crippen LogP contribution in [0.1, 0.15) is 36.1 Å². The van der Waals surface area contributed by atoms with E-state index in [1.54, 1.807) is 0 Å². The van der Waals surface area contributed by atoms with Gasteiger partial charge in [-0.1, -0.05) is 0 Å². The van der Waals surface area contributed by atoms with Crippen molar-refractivity contribution in [3.63, 3.8) is 0 Å². The Morgan fingerprint density at radius 3 is 2.35 bits per heavy atom. The Labute approximate surface area is 123 Å². The van der Waals surface area contributed by atoms with Gasteiger partial charge in [0, 0.05) is 36.9 Å². The number of nitrogens with two attached hydrogens (primary N) is 1. The van der Waals surface area contributed by atoms with Gasteiger partial charge < -0.3 is 15.5 Å². The van der Waals surface area contributed by atoms with Gasteiger partial charge in [-0.2, -0.15) is 0 Å². The highest BCUT2D eigenvalue weighted by Crippen LogP contribution is 2.37. The summed E-state index contributed by atoms with van der Waals surface area (Å²) < 4.78 is 0. The van der Waals surface area contributed by atoms with Crippen molar-refractivity contribution >= 4 is 5.82 Å². The molecule has 4 heteroatoms. The summed E-state index contributed by atoms with van der Waals surface area (Å²) in [6.07, 6.45) is 3.87. The topological polar surface area (TPSA) is 45.4 Å². The Balaban J connectivity index is 2.27. The molecule has 112 valence electrons. The summed E-state index contributed by atoms with van der Waals surface area (Å²) in [4.78, 5) is 9.40. The third-order valence-corrected chi connectivity index (χ3v) is 4.78. The van der Waals surface area contributed by atoms with E-state index in [1.165, 1.54) is 30.4 Å². The summed E-state index contributed by atoms with van der Waals surface area (Å²) in [5, 5.41) is 0. The Morgan fingerprint density at radius 1 is 1.25 bits per heavy atom. The van der Waals surface area contributed by atoms with Crippen molar-refractivity contribution in [1.29, 1.82) is 0 Å². The number of nitrogens with zero attached hydrogens (tertiary/aromatic N) is 3. The Morgan fingerprint density at radius 2 is 1.90 bits per heavy atom. The average Bonchev–Trinajstić information content (AvgIpc) is 2.32. The maximum atomic E-state index is 5.93. The van der Waals surface area contributed by atoms with E-state index >= 15 is 0 Å².